The summed E-state index contributed by atoms with van der Waals surface area (Å²) in [4.78, 5) is 26.4. The topological polar surface area (TPSA) is 77.9 Å². The zero-order chi connectivity index (χ0) is 74.7. The van der Waals surface area contributed by atoms with Crippen molar-refractivity contribution in [3.63, 3.8) is 0 Å². The number of methoxy groups -OCH3 is 1. The quantitative estimate of drug-likeness (QED) is 0.0279. The zero-order valence-electron chi connectivity index (χ0n) is 65.2. The van der Waals surface area contributed by atoms with Crippen molar-refractivity contribution in [2.45, 2.75) is 311 Å². The molecule has 9 heterocycles. The van der Waals surface area contributed by atoms with E-state index in [2.05, 4.69) is 58.9 Å². The minimum Gasteiger partial charge on any atom is -0.465 e. The number of fused-ring (bicyclic) bond motifs is 5. The summed E-state index contributed by atoms with van der Waals surface area (Å²) >= 11 is 13.7. The van der Waals surface area contributed by atoms with Gasteiger partial charge >= 0.3 is 5.97 Å². The molecule has 0 aliphatic rings. The van der Waals surface area contributed by atoms with Crippen LogP contribution in [0.25, 0.3) is 102 Å². The Kier molecular flexibility index (Phi) is 34.4. The van der Waals surface area contributed by atoms with Gasteiger partial charge in [0.15, 0.2) is 0 Å². The summed E-state index contributed by atoms with van der Waals surface area (Å²) in [5, 5.41) is 2.11. The summed E-state index contributed by atoms with van der Waals surface area (Å²) in [6.07, 6.45) is 55.3. The van der Waals surface area contributed by atoms with Gasteiger partial charge in [0.2, 0.25) is 0 Å². The second-order valence-electron chi connectivity index (χ2n) is 30.6. The molecular formula is C90H118F2N4O2S9. The second-order valence-corrected chi connectivity index (χ2v) is 39.5. The summed E-state index contributed by atoms with van der Waals surface area (Å²) in [6, 6.07) is 22.8. The Hall–Kier alpha value is -4.43. The number of halogens is 2. The Balaban J connectivity index is 0.899. The van der Waals surface area contributed by atoms with Gasteiger partial charge in [-0.05, 0) is 116 Å². The first-order valence-electron chi connectivity index (χ1n) is 41.5. The third-order valence-electron chi connectivity index (χ3n) is 22.1. The number of esters is 1. The molecule has 11 aromatic rings. The molecule has 0 saturated carbocycles. The van der Waals surface area contributed by atoms with Crippen LogP contribution in [-0.2, 0) is 17.6 Å². The highest BCUT2D eigenvalue weighted by Crippen LogP contribution is 2.52. The molecule has 0 saturated heterocycles. The molecular weight excluding hydrogens is 1500 g/mol. The molecule has 17 heteroatoms. The summed E-state index contributed by atoms with van der Waals surface area (Å²) in [6.45, 7) is 13.6. The number of thiophene rings is 7. The van der Waals surface area contributed by atoms with Crippen LogP contribution < -0.4 is 0 Å². The van der Waals surface area contributed by atoms with Crippen molar-refractivity contribution in [1.29, 1.82) is 0 Å². The zero-order valence-corrected chi connectivity index (χ0v) is 72.6. The maximum absolute atomic E-state index is 17.3. The summed E-state index contributed by atoms with van der Waals surface area (Å²) in [5.41, 5.74) is 9.01. The van der Waals surface area contributed by atoms with Crippen LogP contribution in [-0.4, -0.2) is 30.6 Å². The smallest absolute Gasteiger partial charge is 0.339 e. The van der Waals surface area contributed by atoms with Gasteiger partial charge < -0.3 is 4.74 Å². The maximum atomic E-state index is 17.3. The first-order valence-corrected chi connectivity index (χ1v) is 48.7. The third-order valence-corrected chi connectivity index (χ3v) is 31.9. The molecule has 9 aromatic heterocycles. The molecule has 0 aliphatic carbocycles. The average molecular weight is 1610 g/mol. The highest BCUT2D eigenvalue weighted by molar-refractivity contribution is 7.31. The lowest BCUT2D eigenvalue weighted by Crippen LogP contribution is -2.05. The summed E-state index contributed by atoms with van der Waals surface area (Å²) in [7, 11) is 1.38. The van der Waals surface area contributed by atoms with Crippen molar-refractivity contribution in [3.05, 3.63) is 105 Å². The number of aryl methyl sites for hydroxylation is 2. The molecule has 0 amide bonds. The number of ether oxygens (including phenoxy) is 1. The lowest BCUT2D eigenvalue weighted by Gasteiger charge is -2.17. The van der Waals surface area contributed by atoms with Crippen molar-refractivity contribution >= 4 is 142 Å². The van der Waals surface area contributed by atoms with Crippen molar-refractivity contribution in [3.8, 4) is 69.7 Å². The Morgan fingerprint density at radius 2 is 0.720 bits per heavy atom. The first-order chi connectivity index (χ1) is 52.5. The molecule has 6 nitrogen and oxygen atoms in total. The van der Waals surface area contributed by atoms with E-state index in [-0.39, 0.29) is 11.6 Å². The van der Waals surface area contributed by atoms with Crippen LogP contribution in [0.5, 0.6) is 0 Å². The number of carbonyl (C=O) groups is 1. The van der Waals surface area contributed by atoms with Crippen LogP contribution in [0.4, 0.5) is 8.78 Å². The van der Waals surface area contributed by atoms with Gasteiger partial charge in [0, 0.05) is 75.5 Å². The van der Waals surface area contributed by atoms with Crippen LogP contribution in [0.2, 0.25) is 0 Å². The van der Waals surface area contributed by atoms with Gasteiger partial charge in [0.25, 0.3) is 0 Å². The normalized spacial score (nSPS) is 12.6. The fourth-order valence-electron chi connectivity index (χ4n) is 15.9. The van der Waals surface area contributed by atoms with Crippen LogP contribution in [0.1, 0.15) is 316 Å². The lowest BCUT2D eigenvalue weighted by atomic mass is 9.88. The van der Waals surface area contributed by atoms with Crippen molar-refractivity contribution in [1.82, 2.24) is 17.5 Å². The Bertz CT molecular complexity index is 4470. The van der Waals surface area contributed by atoms with Gasteiger partial charge in [-0.3, -0.25) is 0 Å². The number of nitrogens with zero attached hydrogens (tertiary/aromatic N) is 4. The number of benzene rings is 2. The average Bonchev–Trinajstić information content (AvgIpc) is 1.59. The van der Waals surface area contributed by atoms with E-state index in [1.807, 2.05) is 48.6 Å². The molecule has 11 rings (SSSR count). The monoisotopic (exact) mass is 1610 g/mol. The van der Waals surface area contributed by atoms with E-state index in [0.717, 1.165) is 95.8 Å². The van der Waals surface area contributed by atoms with Gasteiger partial charge in [-0.25, -0.2) is 13.6 Å². The summed E-state index contributed by atoms with van der Waals surface area (Å²) < 4.78 is 58.9. The predicted molar refractivity (Wildman–Crippen MR) is 472 cm³/mol. The molecule has 0 radical (unpaired) electrons. The van der Waals surface area contributed by atoms with E-state index < -0.39 is 5.97 Å². The molecule has 578 valence electrons. The predicted octanol–water partition coefficient (Wildman–Crippen LogP) is 33.6. The van der Waals surface area contributed by atoms with E-state index >= 15 is 8.78 Å². The van der Waals surface area contributed by atoms with E-state index in [9.17, 15) is 4.79 Å². The molecule has 107 heavy (non-hydrogen) atoms. The Morgan fingerprint density at radius 1 is 0.355 bits per heavy atom. The molecule has 0 N–H and O–H groups in total. The molecule has 0 bridgehead atoms. The number of hydrogen-bond acceptors (Lipinski definition) is 15. The molecule has 0 fully saturated rings. The maximum Gasteiger partial charge on any atom is 0.339 e. The highest BCUT2D eigenvalue weighted by atomic mass is 32.1. The minimum atomic E-state index is -0.474. The van der Waals surface area contributed by atoms with Crippen molar-refractivity contribution < 1.29 is 18.3 Å². The largest absolute Gasteiger partial charge is 0.465 e. The van der Waals surface area contributed by atoms with Crippen molar-refractivity contribution in [2.75, 3.05) is 7.11 Å². The van der Waals surface area contributed by atoms with Crippen LogP contribution in [0.15, 0.2) is 66.7 Å². The molecule has 2 atom stereocenters. The summed E-state index contributed by atoms with van der Waals surface area (Å²) in [5.74, 6) is 0.173. The highest BCUT2D eigenvalue weighted by Gasteiger charge is 2.28. The SMILES string of the molecule is CCCCCCCCCCCCC(CCCCCCCCCC)Cc1cc(-c2cc3c(cc(-c4cc(CC(CCCCCCCCCC)CCCCCCCCCCCC)c(-c5cc(F)c(-c6ccc(-c7cc(C(=O)OC)c(-c8cc(F)c(-c9ccc(C)s9)s8)s7)s6)s5)s4)c4nsnc43)c3nsnc23)sc1C. The van der Waals surface area contributed by atoms with Gasteiger partial charge in [-0.1, -0.05) is 285 Å². The van der Waals surface area contributed by atoms with E-state index in [1.54, 1.807) is 28.7 Å². The van der Waals surface area contributed by atoms with E-state index in [0.29, 0.717) is 36.9 Å². The van der Waals surface area contributed by atoms with E-state index in [1.165, 1.54) is 360 Å². The second kappa shape index (κ2) is 44.1. The Morgan fingerprint density at radius 3 is 1.16 bits per heavy atom. The Labute approximate surface area is 676 Å². The first kappa shape index (κ1) is 83.5. The van der Waals surface area contributed by atoms with Crippen LogP contribution >= 0.6 is 103 Å². The fourth-order valence-corrected chi connectivity index (χ4v) is 25.0. The number of unbranched alkanes of at least 4 members (excludes halogenated alkanes) is 32. The molecule has 2 unspecified atom stereocenters. The minimum absolute atomic E-state index is 0.241. The van der Waals surface area contributed by atoms with Gasteiger partial charge in [0.05, 0.1) is 50.8 Å². The number of hydrogen-bond donors (Lipinski definition) is 0. The third kappa shape index (κ3) is 23.4. The van der Waals surface area contributed by atoms with E-state index in [4.69, 9.17) is 22.2 Å². The number of rotatable bonds is 52. The number of aromatic nitrogens is 4. The van der Waals surface area contributed by atoms with Crippen LogP contribution in [0, 0.1) is 37.3 Å². The van der Waals surface area contributed by atoms with Crippen LogP contribution in [0.3, 0.4) is 0 Å². The van der Waals surface area contributed by atoms with Crippen molar-refractivity contribution in [2.24, 2.45) is 11.8 Å². The van der Waals surface area contributed by atoms with Gasteiger partial charge in [-0.2, -0.15) is 17.5 Å². The number of carbonyl (C=O) groups excluding carboxylic acids is 1. The van der Waals surface area contributed by atoms with Gasteiger partial charge in [0.1, 0.15) is 33.7 Å². The molecule has 2 aromatic carbocycles. The molecule has 0 aliphatic heterocycles. The lowest BCUT2D eigenvalue weighted by molar-refractivity contribution is 0.0602. The molecule has 0 spiro atoms. The standard InChI is InChI=1S/C90H118F2N4O2S9/c1-8-12-16-20-24-28-30-34-38-41-45-63(44-40-36-32-26-22-18-14-10-3)52-65-54-77(100-62(65)6)69-56-67-68(82-84(69)95-106-93-82)57-70(85-83(67)94-107-96-85)78-55-66(53-64(46-42-37-33-27-23-19-15-11-4)47-43-39-35-31-29-25-21-17-13-9-2)86(102-78)80-59-72(91)89(104-80)76-51-50-74(101-76)79-58-71(90(97)98-7)87(103-79)81-60-73(92)88(105-81)75-49-48-61(5)99-75/h48-51,54-60,63-64H,8-47,52-53H2,1-7H3. The fraction of sp³-hybridized carbons (Fsp3) is 0.567. The van der Waals surface area contributed by atoms with Gasteiger partial charge in [-0.15, -0.1) is 79.4 Å².